The van der Waals surface area contributed by atoms with Crippen molar-refractivity contribution in [3.8, 4) is 11.5 Å². The van der Waals surface area contributed by atoms with E-state index in [2.05, 4.69) is 21.2 Å². The first-order valence-electron chi connectivity index (χ1n) is 6.01. The molecule has 0 aliphatic carbocycles. The van der Waals surface area contributed by atoms with Gasteiger partial charge in [-0.05, 0) is 17.7 Å². The maximum Gasteiger partial charge on any atom is 0.231 e. The van der Waals surface area contributed by atoms with Crippen LogP contribution in [-0.4, -0.2) is 6.79 Å². The Morgan fingerprint density at radius 3 is 2.29 bits per heavy atom. The summed E-state index contributed by atoms with van der Waals surface area (Å²) in [5.41, 5.74) is 0.350. The van der Waals surface area contributed by atoms with Crippen LogP contribution in [0.25, 0.3) is 0 Å². The Kier molecular flexibility index (Phi) is 3.67. The quantitative estimate of drug-likeness (QED) is 0.890. The minimum atomic E-state index is -0.982. The normalized spacial score (nSPS) is 12.6. The third-order valence-corrected chi connectivity index (χ3v) is 3.74. The van der Waals surface area contributed by atoms with Crippen LogP contribution >= 0.6 is 15.9 Å². The average Bonchev–Trinajstić information content (AvgIpc) is 2.84. The van der Waals surface area contributed by atoms with E-state index in [1.54, 1.807) is 12.1 Å². The maximum absolute atomic E-state index is 13.5. The highest BCUT2D eigenvalue weighted by molar-refractivity contribution is 9.10. The first-order chi connectivity index (χ1) is 10.0. The predicted molar refractivity (Wildman–Crippen MR) is 73.9 cm³/mol. The Hall–Kier alpha value is -1.89. The highest BCUT2D eigenvalue weighted by atomic mass is 79.9. The molecule has 7 heteroatoms. The molecule has 0 unspecified atom stereocenters. The summed E-state index contributed by atoms with van der Waals surface area (Å²) in [6.45, 7) is 0.274. The number of hydrogen-bond acceptors (Lipinski definition) is 3. The van der Waals surface area contributed by atoms with Crippen LogP contribution in [0, 0.1) is 17.5 Å². The van der Waals surface area contributed by atoms with Crippen LogP contribution < -0.4 is 14.8 Å². The minimum absolute atomic E-state index is 0.136. The number of hydrogen-bond donors (Lipinski definition) is 1. The number of halogens is 4. The highest BCUT2D eigenvalue weighted by Crippen LogP contribution is 2.37. The molecule has 2 aromatic carbocycles. The number of benzene rings is 2. The van der Waals surface area contributed by atoms with Crippen LogP contribution in [0.3, 0.4) is 0 Å². The van der Waals surface area contributed by atoms with Gasteiger partial charge in [0, 0.05) is 23.2 Å². The van der Waals surface area contributed by atoms with Crippen molar-refractivity contribution in [1.29, 1.82) is 0 Å². The molecule has 0 atom stereocenters. The minimum Gasteiger partial charge on any atom is -0.454 e. The molecular weight excluding hydrogens is 351 g/mol. The maximum atomic E-state index is 13.5. The summed E-state index contributed by atoms with van der Waals surface area (Å²) in [6, 6.07) is 4.68. The van der Waals surface area contributed by atoms with Crippen LogP contribution in [0.5, 0.6) is 11.5 Å². The molecule has 0 fully saturated rings. The number of nitrogens with one attached hydrogen (secondary N) is 1. The molecule has 0 bridgehead atoms. The number of anilines is 1. The van der Waals surface area contributed by atoms with Gasteiger partial charge in [-0.1, -0.05) is 15.9 Å². The first-order valence-corrected chi connectivity index (χ1v) is 6.80. The fourth-order valence-corrected chi connectivity index (χ4v) is 2.45. The highest BCUT2D eigenvalue weighted by Gasteiger charge is 2.17. The van der Waals surface area contributed by atoms with Gasteiger partial charge in [0.1, 0.15) is 11.5 Å². The SMILES string of the molecule is Fc1cc(F)c(NCc2cc3c(cc2Br)OCO3)c(F)c1. The molecule has 3 rings (SSSR count). The number of ether oxygens (including phenoxy) is 2. The zero-order valence-electron chi connectivity index (χ0n) is 10.6. The van der Waals surface area contributed by atoms with Crippen molar-refractivity contribution in [2.45, 2.75) is 6.54 Å². The van der Waals surface area contributed by atoms with Crippen molar-refractivity contribution in [2.75, 3.05) is 12.1 Å². The van der Waals surface area contributed by atoms with Crippen molar-refractivity contribution in [1.82, 2.24) is 0 Å². The Balaban J connectivity index is 1.83. The number of fused-ring (bicyclic) bond motifs is 1. The Labute approximate surface area is 126 Å². The van der Waals surface area contributed by atoms with Gasteiger partial charge in [-0.25, -0.2) is 13.2 Å². The Morgan fingerprint density at radius 1 is 1.00 bits per heavy atom. The molecule has 2 aromatic rings. The smallest absolute Gasteiger partial charge is 0.231 e. The Morgan fingerprint density at radius 2 is 1.62 bits per heavy atom. The van der Waals surface area contributed by atoms with Crippen molar-refractivity contribution in [2.24, 2.45) is 0 Å². The van der Waals surface area contributed by atoms with Gasteiger partial charge in [0.15, 0.2) is 23.1 Å². The van der Waals surface area contributed by atoms with Gasteiger partial charge in [-0.15, -0.1) is 0 Å². The lowest BCUT2D eigenvalue weighted by Crippen LogP contribution is -2.05. The van der Waals surface area contributed by atoms with E-state index in [1.807, 2.05) is 0 Å². The van der Waals surface area contributed by atoms with E-state index < -0.39 is 17.5 Å². The summed E-state index contributed by atoms with van der Waals surface area (Å²) < 4.78 is 51.1. The molecule has 0 aromatic heterocycles. The molecular formula is C14H9BrF3NO2. The summed E-state index contributed by atoms with van der Waals surface area (Å²) in [7, 11) is 0. The van der Waals surface area contributed by atoms with E-state index in [0.717, 1.165) is 5.56 Å². The average molecular weight is 360 g/mol. The fourth-order valence-electron chi connectivity index (χ4n) is 1.99. The lowest BCUT2D eigenvalue weighted by Gasteiger charge is -2.11. The van der Waals surface area contributed by atoms with Gasteiger partial charge in [0.2, 0.25) is 6.79 Å². The molecule has 110 valence electrons. The summed E-state index contributed by atoms with van der Waals surface area (Å²) in [4.78, 5) is 0. The van der Waals surface area contributed by atoms with Gasteiger partial charge in [0.25, 0.3) is 0 Å². The second kappa shape index (κ2) is 5.48. The topological polar surface area (TPSA) is 30.5 Å². The van der Waals surface area contributed by atoms with E-state index in [-0.39, 0.29) is 19.0 Å². The molecule has 21 heavy (non-hydrogen) atoms. The van der Waals surface area contributed by atoms with Crippen LogP contribution in [0.15, 0.2) is 28.7 Å². The third kappa shape index (κ3) is 2.78. The largest absolute Gasteiger partial charge is 0.454 e. The second-order valence-electron chi connectivity index (χ2n) is 4.39. The van der Waals surface area contributed by atoms with E-state index in [9.17, 15) is 13.2 Å². The van der Waals surface area contributed by atoms with Gasteiger partial charge in [-0.2, -0.15) is 0 Å². The van der Waals surface area contributed by atoms with Crippen molar-refractivity contribution in [3.05, 3.63) is 51.8 Å². The van der Waals surface area contributed by atoms with Crippen molar-refractivity contribution < 1.29 is 22.6 Å². The molecule has 1 aliphatic rings. The second-order valence-corrected chi connectivity index (χ2v) is 5.25. The summed E-state index contributed by atoms with van der Waals surface area (Å²) in [5, 5.41) is 2.61. The van der Waals surface area contributed by atoms with E-state index >= 15 is 0 Å². The molecule has 0 radical (unpaired) electrons. The standard InChI is InChI=1S/C14H9BrF3NO2/c15-9-4-13-12(20-6-21-13)1-7(9)5-19-14-10(17)2-8(16)3-11(14)18/h1-4,19H,5-6H2. The van der Waals surface area contributed by atoms with Crippen molar-refractivity contribution >= 4 is 21.6 Å². The van der Waals surface area contributed by atoms with E-state index in [4.69, 9.17) is 9.47 Å². The molecule has 0 amide bonds. The fraction of sp³-hybridized carbons (Fsp3) is 0.143. The summed E-state index contributed by atoms with van der Waals surface area (Å²) >= 11 is 3.35. The molecule has 1 N–H and O–H groups in total. The lowest BCUT2D eigenvalue weighted by atomic mass is 10.2. The predicted octanol–water partition coefficient (Wildman–Crippen LogP) is 4.21. The van der Waals surface area contributed by atoms with Gasteiger partial charge < -0.3 is 14.8 Å². The van der Waals surface area contributed by atoms with Crippen LogP contribution in [0.1, 0.15) is 5.56 Å². The molecule has 0 saturated carbocycles. The molecule has 0 spiro atoms. The molecule has 0 saturated heterocycles. The third-order valence-electron chi connectivity index (χ3n) is 3.00. The van der Waals surface area contributed by atoms with Crippen LogP contribution in [0.4, 0.5) is 18.9 Å². The first kappa shape index (κ1) is 14.1. The Bertz CT molecular complexity index is 686. The lowest BCUT2D eigenvalue weighted by molar-refractivity contribution is 0.174. The molecule has 1 aliphatic heterocycles. The van der Waals surface area contributed by atoms with Crippen LogP contribution in [0.2, 0.25) is 0 Å². The number of rotatable bonds is 3. The molecule has 3 nitrogen and oxygen atoms in total. The van der Waals surface area contributed by atoms with E-state index in [0.29, 0.717) is 28.1 Å². The van der Waals surface area contributed by atoms with Gasteiger partial charge in [0.05, 0.1) is 0 Å². The van der Waals surface area contributed by atoms with E-state index in [1.165, 1.54) is 0 Å². The zero-order valence-corrected chi connectivity index (χ0v) is 12.1. The van der Waals surface area contributed by atoms with Gasteiger partial charge in [-0.3, -0.25) is 0 Å². The summed E-state index contributed by atoms with van der Waals surface area (Å²) in [5.74, 6) is -1.76. The zero-order chi connectivity index (χ0) is 15.0. The van der Waals surface area contributed by atoms with Crippen molar-refractivity contribution in [3.63, 3.8) is 0 Å². The molecule has 1 heterocycles. The summed E-state index contributed by atoms with van der Waals surface area (Å²) in [6.07, 6.45) is 0. The van der Waals surface area contributed by atoms with Gasteiger partial charge >= 0.3 is 0 Å². The monoisotopic (exact) mass is 359 g/mol. The van der Waals surface area contributed by atoms with Crippen LogP contribution in [-0.2, 0) is 6.54 Å².